The van der Waals surface area contributed by atoms with Gasteiger partial charge >= 0.3 is 0 Å². The van der Waals surface area contributed by atoms with E-state index in [0.717, 1.165) is 37.2 Å². The quantitative estimate of drug-likeness (QED) is 0.579. The van der Waals surface area contributed by atoms with Gasteiger partial charge in [0, 0.05) is 10.5 Å². The molecule has 0 atom stereocenters. The molecule has 2 aromatic rings. The summed E-state index contributed by atoms with van der Waals surface area (Å²) in [6.45, 7) is 5.33. The van der Waals surface area contributed by atoms with Crippen LogP contribution in [0.2, 0.25) is 0 Å². The number of hydrogen-bond donors (Lipinski definition) is 1. The molecule has 21 heavy (non-hydrogen) atoms. The number of nitrogens with one attached hydrogen (secondary N) is 1. The lowest BCUT2D eigenvalue weighted by Gasteiger charge is -2.09. The van der Waals surface area contributed by atoms with Gasteiger partial charge in [-0.2, -0.15) is 0 Å². The summed E-state index contributed by atoms with van der Waals surface area (Å²) in [7, 11) is 0. The van der Waals surface area contributed by atoms with E-state index in [1.54, 1.807) is 0 Å². The molecular formula is C15H16Br3NO2. The first-order chi connectivity index (χ1) is 9.95. The summed E-state index contributed by atoms with van der Waals surface area (Å²) in [4.78, 5) is 0. The molecule has 0 fully saturated rings. The first kappa shape index (κ1) is 17.1. The molecule has 0 spiro atoms. The molecule has 6 heteroatoms. The van der Waals surface area contributed by atoms with Gasteiger partial charge in [0.05, 0.1) is 15.5 Å². The minimum Gasteiger partial charge on any atom is -0.483 e. The van der Waals surface area contributed by atoms with Crippen LogP contribution >= 0.6 is 47.8 Å². The zero-order chi connectivity index (χ0) is 15.4. The summed E-state index contributed by atoms with van der Waals surface area (Å²) in [5.41, 5.74) is 0. The van der Waals surface area contributed by atoms with E-state index in [0.29, 0.717) is 12.6 Å². The first-order valence-electron chi connectivity index (χ1n) is 6.54. The van der Waals surface area contributed by atoms with Crippen LogP contribution in [0.15, 0.2) is 42.1 Å². The van der Waals surface area contributed by atoms with Gasteiger partial charge < -0.3 is 14.5 Å². The van der Waals surface area contributed by atoms with Crippen LogP contribution in [0.4, 0.5) is 0 Å². The fraction of sp³-hybridized carbons (Fsp3) is 0.333. The molecule has 0 saturated heterocycles. The SMILES string of the molecule is CC(C)NCc1ccc(COc2c(Br)cc(Br)cc2Br)o1. The lowest BCUT2D eigenvalue weighted by molar-refractivity contribution is 0.261. The third-order valence-electron chi connectivity index (χ3n) is 2.72. The molecule has 1 aromatic heterocycles. The molecule has 0 saturated carbocycles. The van der Waals surface area contributed by atoms with Crippen molar-refractivity contribution in [2.24, 2.45) is 0 Å². The number of ether oxygens (including phenoxy) is 1. The highest BCUT2D eigenvalue weighted by molar-refractivity contribution is 9.11. The molecule has 1 N–H and O–H groups in total. The highest BCUT2D eigenvalue weighted by Gasteiger charge is 2.10. The average molecular weight is 482 g/mol. The Kier molecular flexibility index (Phi) is 6.34. The molecule has 1 aromatic carbocycles. The number of hydrogen-bond acceptors (Lipinski definition) is 3. The van der Waals surface area contributed by atoms with Crippen LogP contribution in [-0.4, -0.2) is 6.04 Å². The number of halogens is 3. The molecular weight excluding hydrogens is 466 g/mol. The van der Waals surface area contributed by atoms with Crippen LogP contribution in [-0.2, 0) is 13.2 Å². The van der Waals surface area contributed by atoms with Crippen molar-refractivity contribution in [2.75, 3.05) is 0 Å². The van der Waals surface area contributed by atoms with Crippen molar-refractivity contribution in [2.45, 2.75) is 33.0 Å². The lowest BCUT2D eigenvalue weighted by Crippen LogP contribution is -2.21. The third-order valence-corrected chi connectivity index (χ3v) is 4.36. The molecule has 0 aliphatic carbocycles. The zero-order valence-electron chi connectivity index (χ0n) is 11.8. The largest absolute Gasteiger partial charge is 0.483 e. The van der Waals surface area contributed by atoms with Crippen molar-refractivity contribution >= 4 is 47.8 Å². The van der Waals surface area contributed by atoms with Crippen LogP contribution in [0.5, 0.6) is 5.75 Å². The van der Waals surface area contributed by atoms with E-state index < -0.39 is 0 Å². The highest BCUT2D eigenvalue weighted by Crippen LogP contribution is 2.36. The normalized spacial score (nSPS) is 11.1. The third kappa shape index (κ3) is 5.13. The molecule has 3 nitrogen and oxygen atoms in total. The van der Waals surface area contributed by atoms with Gasteiger partial charge in [0.15, 0.2) is 0 Å². The Hall–Kier alpha value is -0.300. The van der Waals surface area contributed by atoms with E-state index in [-0.39, 0.29) is 0 Å². The summed E-state index contributed by atoms with van der Waals surface area (Å²) in [6, 6.07) is 8.24. The molecule has 0 aliphatic heterocycles. The van der Waals surface area contributed by atoms with E-state index in [9.17, 15) is 0 Å². The van der Waals surface area contributed by atoms with Crippen molar-refractivity contribution in [1.29, 1.82) is 0 Å². The molecule has 0 amide bonds. The number of benzene rings is 1. The van der Waals surface area contributed by atoms with Crippen molar-refractivity contribution in [3.63, 3.8) is 0 Å². The Morgan fingerprint density at radius 2 is 1.71 bits per heavy atom. The summed E-state index contributed by atoms with van der Waals surface area (Å²) in [5, 5.41) is 3.32. The molecule has 2 rings (SSSR count). The van der Waals surface area contributed by atoms with Gasteiger partial charge in [-0.3, -0.25) is 0 Å². The lowest BCUT2D eigenvalue weighted by atomic mass is 10.3. The molecule has 0 aliphatic rings. The van der Waals surface area contributed by atoms with E-state index >= 15 is 0 Å². The maximum absolute atomic E-state index is 5.82. The Morgan fingerprint density at radius 3 is 2.33 bits per heavy atom. The predicted molar refractivity (Wildman–Crippen MR) is 94.6 cm³/mol. The first-order valence-corrected chi connectivity index (χ1v) is 8.92. The van der Waals surface area contributed by atoms with E-state index in [2.05, 4.69) is 67.0 Å². The van der Waals surface area contributed by atoms with Gasteiger partial charge in [-0.1, -0.05) is 29.8 Å². The van der Waals surface area contributed by atoms with Gasteiger partial charge in [-0.05, 0) is 56.1 Å². The standard InChI is InChI=1S/C15H16Br3NO2/c1-9(2)19-7-11-3-4-12(21-11)8-20-15-13(17)5-10(16)6-14(15)18/h3-6,9,19H,7-8H2,1-2H3. The van der Waals surface area contributed by atoms with Gasteiger partial charge in [0.25, 0.3) is 0 Å². The minimum atomic E-state index is 0.389. The molecule has 0 radical (unpaired) electrons. The topological polar surface area (TPSA) is 34.4 Å². The van der Waals surface area contributed by atoms with Crippen LogP contribution in [0, 0.1) is 0 Å². The van der Waals surface area contributed by atoms with Crippen LogP contribution in [0.1, 0.15) is 25.4 Å². The van der Waals surface area contributed by atoms with Gasteiger partial charge in [-0.15, -0.1) is 0 Å². The monoisotopic (exact) mass is 479 g/mol. The maximum Gasteiger partial charge on any atom is 0.148 e. The summed E-state index contributed by atoms with van der Waals surface area (Å²) >= 11 is 10.4. The van der Waals surface area contributed by atoms with Crippen LogP contribution in [0.25, 0.3) is 0 Å². The van der Waals surface area contributed by atoms with E-state index in [1.807, 2.05) is 24.3 Å². The molecule has 114 valence electrons. The van der Waals surface area contributed by atoms with Crippen molar-refractivity contribution < 1.29 is 9.15 Å². The van der Waals surface area contributed by atoms with Crippen molar-refractivity contribution in [1.82, 2.24) is 5.32 Å². The average Bonchev–Trinajstić information content (AvgIpc) is 2.83. The smallest absolute Gasteiger partial charge is 0.148 e. The predicted octanol–water partition coefficient (Wildman–Crippen LogP) is 5.64. The molecule has 0 unspecified atom stereocenters. The Labute approximate surface area is 149 Å². The maximum atomic E-state index is 5.82. The van der Waals surface area contributed by atoms with Gasteiger partial charge in [0.2, 0.25) is 0 Å². The Balaban J connectivity index is 1.97. The fourth-order valence-corrected chi connectivity index (χ4v) is 4.20. The van der Waals surface area contributed by atoms with Crippen LogP contribution < -0.4 is 10.1 Å². The van der Waals surface area contributed by atoms with Crippen LogP contribution in [0.3, 0.4) is 0 Å². The van der Waals surface area contributed by atoms with Gasteiger partial charge in [-0.25, -0.2) is 0 Å². The second-order valence-corrected chi connectivity index (χ2v) is 7.52. The van der Waals surface area contributed by atoms with Crippen molar-refractivity contribution in [3.8, 4) is 5.75 Å². The number of furan rings is 1. The highest BCUT2D eigenvalue weighted by atomic mass is 79.9. The number of rotatable bonds is 6. The van der Waals surface area contributed by atoms with Gasteiger partial charge in [0.1, 0.15) is 23.9 Å². The van der Waals surface area contributed by atoms with E-state index in [1.165, 1.54) is 0 Å². The molecule has 0 bridgehead atoms. The fourth-order valence-electron chi connectivity index (χ4n) is 1.71. The molecule has 1 heterocycles. The second kappa shape index (κ2) is 7.81. The van der Waals surface area contributed by atoms with Crippen molar-refractivity contribution in [3.05, 3.63) is 49.2 Å². The summed E-state index contributed by atoms with van der Waals surface area (Å²) < 4.78 is 14.3. The summed E-state index contributed by atoms with van der Waals surface area (Å²) in [6.07, 6.45) is 0. The Morgan fingerprint density at radius 1 is 1.10 bits per heavy atom. The van der Waals surface area contributed by atoms with E-state index in [4.69, 9.17) is 9.15 Å². The summed E-state index contributed by atoms with van der Waals surface area (Å²) in [5.74, 6) is 2.48. The second-order valence-electron chi connectivity index (χ2n) is 4.89. The Bertz CT molecular complexity index is 588. The zero-order valence-corrected chi connectivity index (χ0v) is 16.5. The minimum absolute atomic E-state index is 0.389.